The van der Waals surface area contributed by atoms with Crippen LogP contribution >= 0.6 is 0 Å². The molecule has 4 rings (SSSR count). The first-order valence-corrected chi connectivity index (χ1v) is 8.24. The first-order valence-electron chi connectivity index (χ1n) is 8.24. The Kier molecular flexibility index (Phi) is 3.83. The number of ketones is 1. The zero-order valence-corrected chi connectivity index (χ0v) is 13.3. The van der Waals surface area contributed by atoms with E-state index < -0.39 is 0 Å². The third-order valence-corrected chi connectivity index (χ3v) is 4.22. The van der Waals surface area contributed by atoms with E-state index in [0.29, 0.717) is 0 Å². The van der Waals surface area contributed by atoms with Crippen molar-refractivity contribution in [3.05, 3.63) is 78.5 Å². The highest BCUT2D eigenvalue weighted by Gasteiger charge is 2.27. The first-order chi connectivity index (χ1) is 11.8. The smallest absolute Gasteiger partial charge is 0.158 e. The maximum absolute atomic E-state index is 12.0. The van der Waals surface area contributed by atoms with E-state index in [4.69, 9.17) is 5.10 Å². The highest BCUT2D eigenvalue weighted by atomic mass is 16.1. The SMILES string of the molecule is O=C(/C=C/c1cn(-c2ccccc2)nc1-c1ccccc1)C1CC1. The van der Waals surface area contributed by atoms with Crippen LogP contribution in [0.1, 0.15) is 18.4 Å². The molecule has 0 N–H and O–H groups in total. The van der Waals surface area contributed by atoms with Crippen molar-refractivity contribution >= 4 is 11.9 Å². The molecule has 2 aromatic carbocycles. The maximum Gasteiger partial charge on any atom is 0.158 e. The average Bonchev–Trinajstić information content (AvgIpc) is 3.41. The lowest BCUT2D eigenvalue weighted by atomic mass is 10.1. The molecule has 24 heavy (non-hydrogen) atoms. The highest BCUT2D eigenvalue weighted by Crippen LogP contribution is 2.31. The molecule has 1 aromatic heterocycles. The number of benzene rings is 2. The summed E-state index contributed by atoms with van der Waals surface area (Å²) in [6.45, 7) is 0. The lowest BCUT2D eigenvalue weighted by molar-refractivity contribution is -0.115. The molecule has 0 bridgehead atoms. The van der Waals surface area contributed by atoms with E-state index >= 15 is 0 Å². The molecular weight excluding hydrogens is 296 g/mol. The van der Waals surface area contributed by atoms with Crippen molar-refractivity contribution in [1.82, 2.24) is 9.78 Å². The summed E-state index contributed by atoms with van der Waals surface area (Å²) in [5, 5.41) is 4.74. The van der Waals surface area contributed by atoms with Gasteiger partial charge in [0.25, 0.3) is 0 Å². The predicted octanol–water partition coefficient (Wildman–Crippen LogP) is 4.53. The second kappa shape index (κ2) is 6.28. The van der Waals surface area contributed by atoms with E-state index in [-0.39, 0.29) is 11.7 Å². The van der Waals surface area contributed by atoms with Gasteiger partial charge in [-0.05, 0) is 37.1 Å². The molecule has 1 heterocycles. The Morgan fingerprint density at radius 3 is 2.33 bits per heavy atom. The number of nitrogens with zero attached hydrogens (tertiary/aromatic N) is 2. The lowest BCUT2D eigenvalue weighted by Gasteiger charge is -2.00. The van der Waals surface area contributed by atoms with Gasteiger partial charge in [0.1, 0.15) is 0 Å². The van der Waals surface area contributed by atoms with Crippen molar-refractivity contribution in [2.24, 2.45) is 5.92 Å². The highest BCUT2D eigenvalue weighted by molar-refractivity contribution is 5.97. The zero-order valence-electron chi connectivity index (χ0n) is 13.3. The molecule has 3 aromatic rings. The number of para-hydroxylation sites is 1. The molecule has 0 spiro atoms. The van der Waals surface area contributed by atoms with Crippen molar-refractivity contribution in [3.8, 4) is 16.9 Å². The lowest BCUT2D eigenvalue weighted by Crippen LogP contribution is -1.93. The fourth-order valence-corrected chi connectivity index (χ4v) is 2.72. The number of carbonyl (C=O) groups excluding carboxylic acids is 1. The second-order valence-corrected chi connectivity index (χ2v) is 6.09. The van der Waals surface area contributed by atoms with Crippen molar-refractivity contribution in [1.29, 1.82) is 0 Å². The minimum atomic E-state index is 0.224. The molecule has 1 saturated carbocycles. The van der Waals surface area contributed by atoms with Gasteiger partial charge < -0.3 is 0 Å². The third-order valence-electron chi connectivity index (χ3n) is 4.22. The molecular formula is C21H18N2O. The van der Waals surface area contributed by atoms with Crippen LogP contribution in [-0.2, 0) is 4.79 Å². The fraction of sp³-hybridized carbons (Fsp3) is 0.143. The van der Waals surface area contributed by atoms with Gasteiger partial charge in [0.2, 0.25) is 0 Å². The van der Waals surface area contributed by atoms with Crippen LogP contribution in [0.15, 0.2) is 72.9 Å². The van der Waals surface area contributed by atoms with Gasteiger partial charge in [0, 0.05) is 23.2 Å². The first kappa shape index (κ1) is 14.6. The van der Waals surface area contributed by atoms with Crippen LogP contribution in [-0.4, -0.2) is 15.6 Å². The van der Waals surface area contributed by atoms with E-state index in [2.05, 4.69) is 0 Å². The summed E-state index contributed by atoms with van der Waals surface area (Å²) in [7, 11) is 0. The Morgan fingerprint density at radius 1 is 1.00 bits per heavy atom. The molecule has 3 heteroatoms. The van der Waals surface area contributed by atoms with Gasteiger partial charge >= 0.3 is 0 Å². The van der Waals surface area contributed by atoms with E-state index in [0.717, 1.165) is 35.3 Å². The third kappa shape index (κ3) is 3.06. The Balaban J connectivity index is 1.75. The van der Waals surface area contributed by atoms with Gasteiger partial charge in [-0.2, -0.15) is 5.10 Å². The van der Waals surface area contributed by atoms with E-state index in [1.165, 1.54) is 0 Å². The van der Waals surface area contributed by atoms with Gasteiger partial charge in [-0.15, -0.1) is 0 Å². The summed E-state index contributed by atoms with van der Waals surface area (Å²) in [6.07, 6.45) is 7.64. The number of allylic oxidation sites excluding steroid dienone is 1. The number of rotatable bonds is 5. The predicted molar refractivity (Wildman–Crippen MR) is 95.8 cm³/mol. The van der Waals surface area contributed by atoms with Crippen LogP contribution in [0.3, 0.4) is 0 Å². The number of carbonyl (C=O) groups is 1. The summed E-state index contributed by atoms with van der Waals surface area (Å²) in [6, 6.07) is 20.1. The zero-order chi connectivity index (χ0) is 16.4. The second-order valence-electron chi connectivity index (χ2n) is 6.09. The monoisotopic (exact) mass is 314 g/mol. The summed E-state index contributed by atoms with van der Waals surface area (Å²) >= 11 is 0. The maximum atomic E-state index is 12.0. The minimum absolute atomic E-state index is 0.224. The van der Waals surface area contributed by atoms with Crippen molar-refractivity contribution in [3.63, 3.8) is 0 Å². The molecule has 0 radical (unpaired) electrons. The Labute approximate surface area is 141 Å². The van der Waals surface area contributed by atoms with Gasteiger partial charge in [0.05, 0.1) is 11.4 Å². The summed E-state index contributed by atoms with van der Waals surface area (Å²) in [4.78, 5) is 12.0. The molecule has 0 aliphatic heterocycles. The van der Waals surface area contributed by atoms with Gasteiger partial charge in [-0.25, -0.2) is 4.68 Å². The summed E-state index contributed by atoms with van der Waals surface area (Å²) in [5.41, 5.74) is 3.90. The van der Waals surface area contributed by atoms with Crippen molar-refractivity contribution in [2.75, 3.05) is 0 Å². The molecule has 1 fully saturated rings. The number of aromatic nitrogens is 2. The molecule has 0 atom stereocenters. The molecule has 3 nitrogen and oxygen atoms in total. The van der Waals surface area contributed by atoms with Crippen molar-refractivity contribution in [2.45, 2.75) is 12.8 Å². The number of hydrogen-bond acceptors (Lipinski definition) is 2. The normalized spacial score (nSPS) is 14.2. The molecule has 1 aliphatic rings. The van der Waals surface area contributed by atoms with Crippen LogP contribution < -0.4 is 0 Å². The van der Waals surface area contributed by atoms with Crippen LogP contribution in [0.2, 0.25) is 0 Å². The largest absolute Gasteiger partial charge is 0.295 e. The Bertz CT molecular complexity index is 875. The van der Waals surface area contributed by atoms with Gasteiger partial charge in [-0.3, -0.25) is 4.79 Å². The Hall–Kier alpha value is -2.94. The van der Waals surface area contributed by atoms with E-state index in [9.17, 15) is 4.79 Å². The van der Waals surface area contributed by atoms with Gasteiger partial charge in [-0.1, -0.05) is 48.5 Å². The topological polar surface area (TPSA) is 34.9 Å². The van der Waals surface area contributed by atoms with E-state index in [1.807, 2.05) is 77.6 Å². The van der Waals surface area contributed by atoms with Crippen molar-refractivity contribution < 1.29 is 4.79 Å². The number of hydrogen-bond donors (Lipinski definition) is 0. The molecule has 0 unspecified atom stereocenters. The van der Waals surface area contributed by atoms with Crippen LogP contribution in [0.4, 0.5) is 0 Å². The summed E-state index contributed by atoms with van der Waals surface area (Å²) in [5.74, 6) is 0.465. The fourth-order valence-electron chi connectivity index (χ4n) is 2.72. The molecule has 118 valence electrons. The Morgan fingerprint density at radius 2 is 1.67 bits per heavy atom. The summed E-state index contributed by atoms with van der Waals surface area (Å²) < 4.78 is 1.86. The molecule has 0 amide bonds. The van der Waals surface area contributed by atoms with Crippen LogP contribution in [0.25, 0.3) is 23.0 Å². The average molecular weight is 314 g/mol. The van der Waals surface area contributed by atoms with Gasteiger partial charge in [0.15, 0.2) is 5.78 Å². The van der Waals surface area contributed by atoms with Crippen LogP contribution in [0, 0.1) is 5.92 Å². The quantitative estimate of drug-likeness (QED) is 0.648. The van der Waals surface area contributed by atoms with Crippen LogP contribution in [0.5, 0.6) is 0 Å². The standard InChI is InChI=1S/C21H18N2O/c24-20(16-11-12-16)14-13-18-15-23(19-9-5-2-6-10-19)22-21(18)17-7-3-1-4-8-17/h1-10,13-16H,11-12H2/b14-13+. The van der Waals surface area contributed by atoms with E-state index in [1.54, 1.807) is 6.08 Å². The minimum Gasteiger partial charge on any atom is -0.295 e. The molecule has 1 aliphatic carbocycles. The molecule has 0 saturated heterocycles.